The smallest absolute Gasteiger partial charge is 0.264 e. The third-order valence-electron chi connectivity index (χ3n) is 5.25. The number of carbonyl (C=O) groups is 1. The molecule has 1 saturated heterocycles. The molecule has 0 atom stereocenters. The number of aryl methyl sites for hydroxylation is 2. The third-order valence-corrected chi connectivity index (χ3v) is 6.33. The first-order chi connectivity index (χ1) is 13.1. The van der Waals surface area contributed by atoms with Gasteiger partial charge in [-0.15, -0.1) is 11.3 Å². The average molecular weight is 387 g/mol. The highest BCUT2D eigenvalue weighted by Crippen LogP contribution is 2.33. The number of piperazine rings is 1. The highest BCUT2D eigenvalue weighted by molar-refractivity contribution is 7.14. The lowest BCUT2D eigenvalue weighted by Crippen LogP contribution is -2.48. The number of hydrogen-bond acceptors (Lipinski definition) is 5. The number of benzene rings is 1. The monoisotopic (exact) mass is 386 g/mol. The minimum Gasteiger partial charge on any atom is -0.454 e. The van der Waals surface area contributed by atoms with E-state index in [9.17, 15) is 4.79 Å². The van der Waals surface area contributed by atoms with Crippen LogP contribution in [0.25, 0.3) is 0 Å². The SMILES string of the molecule is CCCc1cc(C(=O)N2CCN(Cc3ccc4c(c3)OCO4)CC2)sc1C. The van der Waals surface area contributed by atoms with Crippen LogP contribution in [0.2, 0.25) is 0 Å². The molecule has 0 aliphatic carbocycles. The molecule has 0 unspecified atom stereocenters. The molecule has 0 spiro atoms. The molecular formula is C21H26N2O3S. The van der Waals surface area contributed by atoms with Crippen molar-refractivity contribution in [3.05, 3.63) is 45.1 Å². The summed E-state index contributed by atoms with van der Waals surface area (Å²) in [5.41, 5.74) is 2.55. The Balaban J connectivity index is 1.33. The van der Waals surface area contributed by atoms with Crippen molar-refractivity contribution in [2.75, 3.05) is 33.0 Å². The van der Waals surface area contributed by atoms with Crippen molar-refractivity contribution in [1.82, 2.24) is 9.80 Å². The standard InChI is InChI=1S/C21H26N2O3S/c1-3-4-17-12-20(27-15(17)2)21(24)23-9-7-22(8-10-23)13-16-5-6-18-19(11-16)26-14-25-18/h5-6,11-12H,3-4,7-10,13-14H2,1-2H3. The van der Waals surface area contributed by atoms with Crippen LogP contribution >= 0.6 is 11.3 Å². The fourth-order valence-corrected chi connectivity index (χ4v) is 4.74. The van der Waals surface area contributed by atoms with E-state index in [1.165, 1.54) is 16.0 Å². The van der Waals surface area contributed by atoms with Gasteiger partial charge in [0.15, 0.2) is 11.5 Å². The first-order valence-electron chi connectivity index (χ1n) is 9.63. The molecule has 2 aliphatic rings. The lowest BCUT2D eigenvalue weighted by molar-refractivity contribution is 0.0633. The van der Waals surface area contributed by atoms with E-state index in [1.807, 2.05) is 11.0 Å². The van der Waals surface area contributed by atoms with E-state index in [2.05, 4.69) is 36.9 Å². The molecule has 5 nitrogen and oxygen atoms in total. The minimum atomic E-state index is 0.188. The summed E-state index contributed by atoms with van der Waals surface area (Å²) in [6.07, 6.45) is 2.17. The van der Waals surface area contributed by atoms with Gasteiger partial charge in [-0.2, -0.15) is 0 Å². The summed E-state index contributed by atoms with van der Waals surface area (Å²) in [4.78, 5) is 19.4. The van der Waals surface area contributed by atoms with E-state index in [0.29, 0.717) is 6.79 Å². The predicted molar refractivity (Wildman–Crippen MR) is 107 cm³/mol. The number of thiophene rings is 1. The Labute approximate surface area is 164 Å². The summed E-state index contributed by atoms with van der Waals surface area (Å²) in [5, 5.41) is 0. The van der Waals surface area contributed by atoms with Gasteiger partial charge in [-0.25, -0.2) is 0 Å². The maximum absolute atomic E-state index is 12.8. The Morgan fingerprint density at radius 3 is 2.67 bits per heavy atom. The number of nitrogens with zero attached hydrogens (tertiary/aromatic N) is 2. The van der Waals surface area contributed by atoms with Crippen LogP contribution in [0.3, 0.4) is 0 Å². The Morgan fingerprint density at radius 1 is 1.11 bits per heavy atom. The zero-order valence-corrected chi connectivity index (χ0v) is 16.8. The molecule has 1 amide bonds. The van der Waals surface area contributed by atoms with Crippen LogP contribution in [0.15, 0.2) is 24.3 Å². The highest BCUT2D eigenvalue weighted by Gasteiger charge is 2.24. The van der Waals surface area contributed by atoms with Crippen LogP contribution < -0.4 is 9.47 Å². The second-order valence-electron chi connectivity index (χ2n) is 7.20. The molecule has 1 aromatic heterocycles. The van der Waals surface area contributed by atoms with Gasteiger partial charge in [0.1, 0.15) is 0 Å². The molecule has 2 aliphatic heterocycles. The second-order valence-corrected chi connectivity index (χ2v) is 8.45. The first-order valence-corrected chi connectivity index (χ1v) is 10.4. The van der Waals surface area contributed by atoms with Crippen molar-refractivity contribution in [2.24, 2.45) is 0 Å². The maximum atomic E-state index is 12.8. The van der Waals surface area contributed by atoms with Gasteiger partial charge in [0, 0.05) is 37.6 Å². The lowest BCUT2D eigenvalue weighted by atomic mass is 10.1. The molecule has 1 fully saturated rings. The number of ether oxygens (including phenoxy) is 2. The van der Waals surface area contributed by atoms with Crippen LogP contribution in [0, 0.1) is 6.92 Å². The quantitative estimate of drug-likeness (QED) is 0.786. The third kappa shape index (κ3) is 3.96. The molecule has 0 N–H and O–H groups in total. The zero-order valence-electron chi connectivity index (χ0n) is 16.0. The molecule has 6 heteroatoms. The summed E-state index contributed by atoms with van der Waals surface area (Å²) in [6.45, 7) is 8.83. The van der Waals surface area contributed by atoms with Crippen LogP contribution in [0.4, 0.5) is 0 Å². The van der Waals surface area contributed by atoms with Crippen molar-refractivity contribution in [1.29, 1.82) is 0 Å². The second kappa shape index (κ2) is 7.90. The first kappa shape index (κ1) is 18.3. The van der Waals surface area contributed by atoms with Gasteiger partial charge in [-0.1, -0.05) is 19.4 Å². The molecule has 27 heavy (non-hydrogen) atoms. The van der Waals surface area contributed by atoms with Crippen LogP contribution in [-0.2, 0) is 13.0 Å². The fourth-order valence-electron chi connectivity index (χ4n) is 3.71. The van der Waals surface area contributed by atoms with Gasteiger partial charge in [-0.05, 0) is 42.7 Å². The van der Waals surface area contributed by atoms with E-state index in [4.69, 9.17) is 9.47 Å². The van der Waals surface area contributed by atoms with Crippen LogP contribution in [0.5, 0.6) is 11.5 Å². The van der Waals surface area contributed by atoms with Gasteiger partial charge in [0.2, 0.25) is 6.79 Å². The molecule has 1 aromatic carbocycles. The van der Waals surface area contributed by atoms with Crippen LogP contribution in [0.1, 0.15) is 39.0 Å². The molecule has 3 heterocycles. The summed E-state index contributed by atoms with van der Waals surface area (Å²) in [6, 6.07) is 8.23. The van der Waals surface area contributed by atoms with Crippen molar-refractivity contribution < 1.29 is 14.3 Å². The van der Waals surface area contributed by atoms with Crippen molar-refractivity contribution >= 4 is 17.2 Å². The van der Waals surface area contributed by atoms with E-state index in [-0.39, 0.29) is 5.91 Å². The Hall–Kier alpha value is -2.05. The van der Waals surface area contributed by atoms with Crippen molar-refractivity contribution in [3.63, 3.8) is 0 Å². The number of carbonyl (C=O) groups excluding carboxylic acids is 1. The Kier molecular flexibility index (Phi) is 5.36. The molecule has 2 aromatic rings. The van der Waals surface area contributed by atoms with Gasteiger partial charge < -0.3 is 14.4 Å². The van der Waals surface area contributed by atoms with E-state index < -0.39 is 0 Å². The molecular weight excluding hydrogens is 360 g/mol. The Morgan fingerprint density at radius 2 is 1.89 bits per heavy atom. The topological polar surface area (TPSA) is 42.0 Å². The van der Waals surface area contributed by atoms with E-state index in [0.717, 1.165) is 61.9 Å². The molecule has 0 bridgehead atoms. The Bertz CT molecular complexity index is 825. The average Bonchev–Trinajstić information content (AvgIpc) is 3.28. The molecule has 0 saturated carbocycles. The molecule has 0 radical (unpaired) electrons. The van der Waals surface area contributed by atoms with Gasteiger partial charge in [-0.3, -0.25) is 9.69 Å². The molecule has 144 valence electrons. The maximum Gasteiger partial charge on any atom is 0.264 e. The van der Waals surface area contributed by atoms with Crippen molar-refractivity contribution in [3.8, 4) is 11.5 Å². The highest BCUT2D eigenvalue weighted by atomic mass is 32.1. The predicted octanol–water partition coefficient (Wildman–Crippen LogP) is 3.70. The zero-order chi connectivity index (χ0) is 18.8. The van der Waals surface area contributed by atoms with E-state index in [1.54, 1.807) is 11.3 Å². The number of hydrogen-bond donors (Lipinski definition) is 0. The fraction of sp³-hybridized carbons (Fsp3) is 0.476. The van der Waals surface area contributed by atoms with Gasteiger partial charge >= 0.3 is 0 Å². The van der Waals surface area contributed by atoms with Gasteiger partial charge in [0.25, 0.3) is 5.91 Å². The van der Waals surface area contributed by atoms with Gasteiger partial charge in [0.05, 0.1) is 4.88 Å². The van der Waals surface area contributed by atoms with E-state index >= 15 is 0 Å². The number of fused-ring (bicyclic) bond motifs is 1. The largest absolute Gasteiger partial charge is 0.454 e. The minimum absolute atomic E-state index is 0.188. The molecule has 4 rings (SSSR count). The number of rotatable bonds is 5. The summed E-state index contributed by atoms with van der Waals surface area (Å²) in [5.74, 6) is 1.84. The normalized spacial score (nSPS) is 16.7. The van der Waals surface area contributed by atoms with Crippen LogP contribution in [-0.4, -0.2) is 48.7 Å². The summed E-state index contributed by atoms with van der Waals surface area (Å²) < 4.78 is 10.8. The van der Waals surface area contributed by atoms with Crippen molar-refractivity contribution in [2.45, 2.75) is 33.2 Å². The lowest BCUT2D eigenvalue weighted by Gasteiger charge is -2.34. The summed E-state index contributed by atoms with van der Waals surface area (Å²) in [7, 11) is 0. The summed E-state index contributed by atoms with van der Waals surface area (Å²) >= 11 is 1.64. The number of amides is 1.